The zero-order valence-electron chi connectivity index (χ0n) is 23.0. The van der Waals surface area contributed by atoms with Crippen molar-refractivity contribution in [3.05, 3.63) is 101 Å². The van der Waals surface area contributed by atoms with Crippen LogP contribution in [0.2, 0.25) is 0 Å². The first kappa shape index (κ1) is 27.8. The Morgan fingerprint density at radius 3 is 2.12 bits per heavy atom. The maximum absolute atomic E-state index is 14.2. The van der Waals surface area contributed by atoms with Crippen molar-refractivity contribution in [2.45, 2.75) is 43.9 Å². The molecule has 6 rings (SSSR count). The van der Waals surface area contributed by atoms with Crippen LogP contribution in [-0.2, 0) is 28.6 Å². The molecule has 9 heteroatoms. The van der Waals surface area contributed by atoms with Crippen LogP contribution >= 0.6 is 15.9 Å². The molecule has 2 amide bonds. The van der Waals surface area contributed by atoms with Crippen molar-refractivity contribution in [1.29, 1.82) is 0 Å². The van der Waals surface area contributed by atoms with E-state index in [4.69, 9.17) is 14.2 Å². The molecule has 0 saturated carbocycles. The van der Waals surface area contributed by atoms with E-state index in [1.165, 1.54) is 12.0 Å². The molecule has 212 valence electrons. The number of likely N-dealkylation sites (tertiary alicyclic amines) is 1. The van der Waals surface area contributed by atoms with Crippen LogP contribution in [0.4, 0.5) is 5.69 Å². The number of nitrogens with zero attached hydrogens (tertiary/aromatic N) is 2. The maximum Gasteiger partial charge on any atom is 0.323 e. The SMILES string of the molecule is COC(=O)[C@@H]1[C@@H]2C(=O)N(c3ccccc3)C(=O)[C@@H]2[C@@H](c2ccc(Br)cc2)N1[C@H]1COC(C)(C)O[C@H]1c1ccccc1. The highest BCUT2D eigenvalue weighted by Crippen LogP contribution is 2.54. The Morgan fingerprint density at radius 2 is 1.49 bits per heavy atom. The molecule has 6 atom stereocenters. The van der Waals surface area contributed by atoms with E-state index in [9.17, 15) is 14.4 Å². The second-order valence-electron chi connectivity index (χ2n) is 11.0. The van der Waals surface area contributed by atoms with Gasteiger partial charge in [-0.1, -0.05) is 76.6 Å². The number of halogens is 1. The first-order valence-electron chi connectivity index (χ1n) is 13.6. The van der Waals surface area contributed by atoms with Crippen molar-refractivity contribution in [2.24, 2.45) is 11.8 Å². The number of esters is 1. The fourth-order valence-electron chi connectivity index (χ4n) is 6.56. The normalized spacial score (nSPS) is 29.4. The number of amides is 2. The highest BCUT2D eigenvalue weighted by atomic mass is 79.9. The summed E-state index contributed by atoms with van der Waals surface area (Å²) in [5, 5.41) is 0. The van der Waals surface area contributed by atoms with Gasteiger partial charge in [0.25, 0.3) is 0 Å². The molecule has 3 aromatic rings. The van der Waals surface area contributed by atoms with Gasteiger partial charge in [-0.05, 0) is 49.2 Å². The van der Waals surface area contributed by atoms with E-state index < -0.39 is 53.7 Å². The summed E-state index contributed by atoms with van der Waals surface area (Å²) in [7, 11) is 1.31. The molecule has 3 aliphatic heterocycles. The molecule has 0 aliphatic carbocycles. The topological polar surface area (TPSA) is 85.4 Å². The summed E-state index contributed by atoms with van der Waals surface area (Å²) < 4.78 is 18.9. The summed E-state index contributed by atoms with van der Waals surface area (Å²) in [6.07, 6.45) is -0.501. The van der Waals surface area contributed by atoms with Gasteiger partial charge in [0.15, 0.2) is 5.79 Å². The predicted octanol–water partition coefficient (Wildman–Crippen LogP) is 5.05. The number of hydrogen-bond acceptors (Lipinski definition) is 7. The Bertz CT molecular complexity index is 1450. The van der Waals surface area contributed by atoms with Crippen LogP contribution in [-0.4, -0.2) is 54.3 Å². The second-order valence-corrected chi connectivity index (χ2v) is 12.0. The number of carbonyl (C=O) groups is 3. The number of methoxy groups -OCH3 is 1. The van der Waals surface area contributed by atoms with E-state index in [2.05, 4.69) is 15.9 Å². The second kappa shape index (κ2) is 10.8. The van der Waals surface area contributed by atoms with Gasteiger partial charge >= 0.3 is 5.97 Å². The van der Waals surface area contributed by atoms with E-state index in [1.807, 2.05) is 79.4 Å². The Labute approximate surface area is 247 Å². The van der Waals surface area contributed by atoms with Gasteiger partial charge in [-0.2, -0.15) is 0 Å². The minimum Gasteiger partial charge on any atom is -0.468 e. The molecule has 0 unspecified atom stereocenters. The molecular formula is C32H31BrN2O6. The molecule has 41 heavy (non-hydrogen) atoms. The third kappa shape index (κ3) is 4.80. The van der Waals surface area contributed by atoms with Gasteiger partial charge < -0.3 is 14.2 Å². The number of imide groups is 1. The zero-order valence-corrected chi connectivity index (χ0v) is 24.6. The van der Waals surface area contributed by atoms with Crippen molar-refractivity contribution < 1.29 is 28.6 Å². The summed E-state index contributed by atoms with van der Waals surface area (Å²) in [6, 6.07) is 24.1. The fraction of sp³-hybridized carbons (Fsp3) is 0.344. The molecule has 0 spiro atoms. The number of ether oxygens (including phenoxy) is 3. The van der Waals surface area contributed by atoms with E-state index in [0.29, 0.717) is 5.69 Å². The highest BCUT2D eigenvalue weighted by Gasteiger charge is 2.67. The monoisotopic (exact) mass is 618 g/mol. The van der Waals surface area contributed by atoms with Gasteiger partial charge in [0, 0.05) is 10.5 Å². The minimum absolute atomic E-state index is 0.220. The lowest BCUT2D eigenvalue weighted by Crippen LogP contribution is -2.57. The third-order valence-corrected chi connectivity index (χ3v) is 8.79. The number of fused-ring (bicyclic) bond motifs is 1. The van der Waals surface area contributed by atoms with Crippen LogP contribution in [0, 0.1) is 11.8 Å². The lowest BCUT2D eigenvalue weighted by atomic mass is 9.86. The number of benzene rings is 3. The molecule has 3 fully saturated rings. The Kier molecular flexibility index (Phi) is 7.32. The molecular weight excluding hydrogens is 588 g/mol. The molecule has 0 N–H and O–H groups in total. The van der Waals surface area contributed by atoms with Crippen molar-refractivity contribution >= 4 is 39.4 Å². The summed E-state index contributed by atoms with van der Waals surface area (Å²) >= 11 is 3.51. The third-order valence-electron chi connectivity index (χ3n) is 8.26. The molecule has 3 aliphatic rings. The Hall–Kier alpha value is -3.37. The van der Waals surface area contributed by atoms with Gasteiger partial charge in [0.2, 0.25) is 11.8 Å². The van der Waals surface area contributed by atoms with Crippen LogP contribution in [0.5, 0.6) is 0 Å². The lowest BCUT2D eigenvalue weighted by molar-refractivity contribution is -0.300. The van der Waals surface area contributed by atoms with E-state index in [0.717, 1.165) is 15.6 Å². The van der Waals surface area contributed by atoms with Gasteiger partial charge in [0.05, 0.1) is 37.3 Å². The minimum atomic E-state index is -1.03. The molecule has 0 radical (unpaired) electrons. The molecule has 0 aromatic heterocycles. The molecule has 0 bridgehead atoms. The fourth-order valence-corrected chi connectivity index (χ4v) is 6.82. The predicted molar refractivity (Wildman–Crippen MR) is 155 cm³/mol. The summed E-state index contributed by atoms with van der Waals surface area (Å²) in [6.45, 7) is 3.93. The Morgan fingerprint density at radius 1 is 0.878 bits per heavy atom. The van der Waals surface area contributed by atoms with Gasteiger partial charge in [0.1, 0.15) is 12.1 Å². The van der Waals surface area contributed by atoms with Crippen LogP contribution in [0.3, 0.4) is 0 Å². The van der Waals surface area contributed by atoms with E-state index >= 15 is 0 Å². The van der Waals surface area contributed by atoms with E-state index in [1.54, 1.807) is 24.3 Å². The number of carbonyl (C=O) groups excluding carboxylic acids is 3. The first-order valence-corrected chi connectivity index (χ1v) is 14.4. The summed E-state index contributed by atoms with van der Waals surface area (Å²) in [5.74, 6) is -3.98. The van der Waals surface area contributed by atoms with Crippen molar-refractivity contribution in [2.75, 3.05) is 18.6 Å². The van der Waals surface area contributed by atoms with Gasteiger partial charge in [-0.15, -0.1) is 0 Å². The number of rotatable bonds is 5. The van der Waals surface area contributed by atoms with Crippen LogP contribution in [0.25, 0.3) is 0 Å². The van der Waals surface area contributed by atoms with Crippen molar-refractivity contribution in [3.63, 3.8) is 0 Å². The van der Waals surface area contributed by atoms with E-state index in [-0.39, 0.29) is 12.5 Å². The summed E-state index contributed by atoms with van der Waals surface area (Å²) in [5.41, 5.74) is 2.20. The molecule has 3 aromatic carbocycles. The average Bonchev–Trinajstić information content (AvgIpc) is 3.45. The Balaban J connectivity index is 1.52. The largest absolute Gasteiger partial charge is 0.468 e. The number of anilines is 1. The van der Waals surface area contributed by atoms with Crippen molar-refractivity contribution in [3.8, 4) is 0 Å². The van der Waals surface area contributed by atoms with Gasteiger partial charge in [-0.25, -0.2) is 4.90 Å². The van der Waals surface area contributed by atoms with Crippen LogP contribution < -0.4 is 4.90 Å². The molecule has 8 nitrogen and oxygen atoms in total. The van der Waals surface area contributed by atoms with Crippen LogP contribution in [0.1, 0.15) is 37.1 Å². The quantitative estimate of drug-likeness (QED) is 0.292. The number of hydrogen-bond donors (Lipinski definition) is 0. The smallest absolute Gasteiger partial charge is 0.323 e. The van der Waals surface area contributed by atoms with Crippen LogP contribution in [0.15, 0.2) is 89.4 Å². The highest BCUT2D eigenvalue weighted by molar-refractivity contribution is 9.10. The van der Waals surface area contributed by atoms with Gasteiger partial charge in [-0.3, -0.25) is 19.3 Å². The standard InChI is InChI=1S/C32H31BrN2O6/c1-32(2)40-18-23(28(41-32)20-10-6-4-7-11-20)35-26(19-14-16-21(33)17-15-19)24-25(27(35)31(38)39-3)30(37)34(29(24)36)22-12-8-5-9-13-22/h4-17,23-28H,18H2,1-3H3/t23-,24-,25+,26+,27-,28-/m0/s1. The first-order chi connectivity index (χ1) is 19.7. The molecule has 3 heterocycles. The zero-order chi connectivity index (χ0) is 28.9. The summed E-state index contributed by atoms with van der Waals surface area (Å²) in [4.78, 5) is 45.2. The average molecular weight is 620 g/mol. The molecule has 3 saturated heterocycles. The lowest BCUT2D eigenvalue weighted by Gasteiger charge is -2.48. The maximum atomic E-state index is 14.2. The number of para-hydroxylation sites is 1. The van der Waals surface area contributed by atoms with Crippen molar-refractivity contribution in [1.82, 2.24) is 4.90 Å².